The van der Waals surface area contributed by atoms with Crippen molar-refractivity contribution in [2.24, 2.45) is 0 Å². The minimum Gasteiger partial charge on any atom is -0.496 e. The number of ether oxygens (including phenoxy) is 3. The monoisotopic (exact) mass is 357 g/mol. The van der Waals surface area contributed by atoms with Crippen molar-refractivity contribution in [3.8, 4) is 11.5 Å². The van der Waals surface area contributed by atoms with Crippen molar-refractivity contribution in [2.75, 3.05) is 33.4 Å². The molecule has 1 atom stereocenters. The molecule has 0 amide bonds. The van der Waals surface area contributed by atoms with E-state index in [4.69, 9.17) is 19.3 Å². The van der Waals surface area contributed by atoms with E-state index < -0.39 is 0 Å². The number of benzene rings is 2. The molecule has 2 aromatic carbocycles. The van der Waals surface area contributed by atoms with Crippen LogP contribution in [-0.2, 0) is 17.9 Å². The number of hydrogen-bond donors (Lipinski definition) is 1. The molecule has 1 fully saturated rings. The van der Waals surface area contributed by atoms with E-state index in [9.17, 15) is 0 Å². The summed E-state index contributed by atoms with van der Waals surface area (Å²) in [5.74, 6) is 1.63. The number of hydrogen-bond acceptors (Lipinski definition) is 5. The molecule has 5 nitrogen and oxygen atoms in total. The smallest absolute Gasteiger partial charge is 0.127 e. The largest absolute Gasteiger partial charge is 0.496 e. The molecule has 1 N–H and O–H groups in total. The number of morpholine rings is 1. The molecule has 5 heteroatoms. The molecule has 0 bridgehead atoms. The molecule has 0 radical (unpaired) electrons. The number of nitrogens with zero attached hydrogens (tertiary/aromatic N) is 1. The topological polar surface area (TPSA) is 51.2 Å². The van der Waals surface area contributed by atoms with Gasteiger partial charge in [-0.3, -0.25) is 4.90 Å². The summed E-state index contributed by atoms with van der Waals surface area (Å²) >= 11 is 0. The first-order valence-corrected chi connectivity index (χ1v) is 9.07. The summed E-state index contributed by atoms with van der Waals surface area (Å²) in [5, 5.41) is 9.11. The van der Waals surface area contributed by atoms with Crippen molar-refractivity contribution < 1.29 is 19.3 Å². The standard InChI is InChI=1S/C21H27NO4/c1-24-21-13-19(26-16-17-5-3-2-4-6-17)8-7-18(21)14-22-10-12-25-20(15-22)9-11-23/h2-8,13,20,23H,9-12,14-16H2,1H3/t20-/m1/s1. The van der Waals surface area contributed by atoms with Gasteiger partial charge in [0.05, 0.1) is 19.8 Å². The predicted molar refractivity (Wildman–Crippen MR) is 100 cm³/mol. The van der Waals surface area contributed by atoms with Crippen LogP contribution in [0.5, 0.6) is 11.5 Å². The van der Waals surface area contributed by atoms with E-state index in [0.717, 1.165) is 42.3 Å². The normalized spacial score (nSPS) is 17.8. The maximum atomic E-state index is 9.11. The van der Waals surface area contributed by atoms with Crippen molar-refractivity contribution in [3.05, 3.63) is 59.7 Å². The maximum absolute atomic E-state index is 9.11. The molecular formula is C21H27NO4. The third-order valence-corrected chi connectivity index (χ3v) is 4.57. The van der Waals surface area contributed by atoms with Crippen molar-refractivity contribution in [1.82, 2.24) is 4.90 Å². The number of aliphatic hydroxyl groups is 1. The Labute approximate surface area is 155 Å². The Morgan fingerprint density at radius 1 is 1.19 bits per heavy atom. The Bertz CT molecular complexity index is 675. The van der Waals surface area contributed by atoms with Crippen LogP contribution in [0.4, 0.5) is 0 Å². The van der Waals surface area contributed by atoms with Crippen LogP contribution in [0, 0.1) is 0 Å². The van der Waals surface area contributed by atoms with Gasteiger partial charge in [0.15, 0.2) is 0 Å². The van der Waals surface area contributed by atoms with Crippen LogP contribution < -0.4 is 9.47 Å². The van der Waals surface area contributed by atoms with Crippen molar-refractivity contribution >= 4 is 0 Å². The molecular weight excluding hydrogens is 330 g/mol. The number of rotatable bonds is 8. The molecule has 0 saturated carbocycles. The van der Waals surface area contributed by atoms with Gasteiger partial charge in [-0.25, -0.2) is 0 Å². The maximum Gasteiger partial charge on any atom is 0.127 e. The minimum atomic E-state index is 0.105. The highest BCUT2D eigenvalue weighted by atomic mass is 16.5. The summed E-state index contributed by atoms with van der Waals surface area (Å²) in [5.41, 5.74) is 2.27. The van der Waals surface area contributed by atoms with Gasteiger partial charge in [-0.15, -0.1) is 0 Å². The molecule has 0 spiro atoms. The highest BCUT2D eigenvalue weighted by molar-refractivity contribution is 5.41. The van der Waals surface area contributed by atoms with E-state index in [2.05, 4.69) is 11.0 Å². The lowest BCUT2D eigenvalue weighted by Crippen LogP contribution is -2.42. The van der Waals surface area contributed by atoms with E-state index in [1.165, 1.54) is 0 Å². The van der Waals surface area contributed by atoms with Gasteiger partial charge in [0.1, 0.15) is 18.1 Å². The average molecular weight is 357 g/mol. The Balaban J connectivity index is 1.61. The van der Waals surface area contributed by atoms with E-state index in [1.54, 1.807) is 7.11 Å². The SMILES string of the molecule is COc1cc(OCc2ccccc2)ccc1CN1CCO[C@H](CCO)C1. The summed E-state index contributed by atoms with van der Waals surface area (Å²) in [7, 11) is 1.69. The van der Waals surface area contributed by atoms with E-state index in [0.29, 0.717) is 19.6 Å². The fraction of sp³-hybridized carbons (Fsp3) is 0.429. The molecule has 2 aromatic rings. The van der Waals surface area contributed by atoms with Gasteiger partial charge in [0.2, 0.25) is 0 Å². The summed E-state index contributed by atoms with van der Waals surface area (Å²) in [6.45, 7) is 3.91. The summed E-state index contributed by atoms with van der Waals surface area (Å²) < 4.78 is 17.1. The zero-order valence-electron chi connectivity index (χ0n) is 15.3. The summed E-state index contributed by atoms with van der Waals surface area (Å²) in [4.78, 5) is 2.34. The predicted octanol–water partition coefficient (Wildman–Crippen LogP) is 2.86. The molecule has 0 unspecified atom stereocenters. The van der Waals surface area contributed by atoms with Crippen molar-refractivity contribution in [2.45, 2.75) is 25.7 Å². The highest BCUT2D eigenvalue weighted by Gasteiger charge is 2.21. The third-order valence-electron chi connectivity index (χ3n) is 4.57. The quantitative estimate of drug-likeness (QED) is 0.787. The van der Waals surface area contributed by atoms with Gasteiger partial charge in [0, 0.05) is 37.9 Å². The van der Waals surface area contributed by atoms with Crippen molar-refractivity contribution in [3.63, 3.8) is 0 Å². The van der Waals surface area contributed by atoms with E-state index >= 15 is 0 Å². The molecule has 1 saturated heterocycles. The van der Waals surface area contributed by atoms with Crippen LogP contribution >= 0.6 is 0 Å². The average Bonchev–Trinajstić information content (AvgIpc) is 2.68. The molecule has 1 aliphatic rings. The molecule has 0 aromatic heterocycles. The summed E-state index contributed by atoms with van der Waals surface area (Å²) in [6, 6.07) is 16.1. The second kappa shape index (κ2) is 9.57. The van der Waals surface area contributed by atoms with E-state index in [-0.39, 0.29) is 12.7 Å². The Morgan fingerprint density at radius 3 is 2.81 bits per heavy atom. The molecule has 140 valence electrons. The van der Waals surface area contributed by atoms with Crippen LogP contribution in [0.3, 0.4) is 0 Å². The molecule has 3 rings (SSSR count). The first-order chi connectivity index (χ1) is 12.8. The van der Waals surface area contributed by atoms with Gasteiger partial charge >= 0.3 is 0 Å². The first-order valence-electron chi connectivity index (χ1n) is 9.07. The Kier molecular flexibility index (Phi) is 6.89. The van der Waals surface area contributed by atoms with Crippen LogP contribution in [0.2, 0.25) is 0 Å². The van der Waals surface area contributed by atoms with Crippen LogP contribution in [-0.4, -0.2) is 49.5 Å². The zero-order valence-corrected chi connectivity index (χ0v) is 15.3. The molecule has 0 aliphatic carbocycles. The first kappa shape index (κ1) is 18.7. The molecule has 1 aliphatic heterocycles. The lowest BCUT2D eigenvalue weighted by atomic mass is 10.1. The van der Waals surface area contributed by atoms with Gasteiger partial charge in [-0.2, -0.15) is 0 Å². The number of aliphatic hydroxyl groups excluding tert-OH is 1. The van der Waals surface area contributed by atoms with Gasteiger partial charge in [-0.1, -0.05) is 36.4 Å². The Morgan fingerprint density at radius 2 is 2.04 bits per heavy atom. The van der Waals surface area contributed by atoms with Crippen molar-refractivity contribution in [1.29, 1.82) is 0 Å². The lowest BCUT2D eigenvalue weighted by Gasteiger charge is -2.33. The fourth-order valence-corrected chi connectivity index (χ4v) is 3.17. The van der Waals surface area contributed by atoms with Crippen LogP contribution in [0.25, 0.3) is 0 Å². The van der Waals surface area contributed by atoms with Gasteiger partial charge in [0.25, 0.3) is 0 Å². The lowest BCUT2D eigenvalue weighted by molar-refractivity contribution is -0.0408. The molecule has 26 heavy (non-hydrogen) atoms. The van der Waals surface area contributed by atoms with Gasteiger partial charge in [-0.05, 0) is 18.1 Å². The minimum absolute atomic E-state index is 0.105. The van der Waals surface area contributed by atoms with E-state index in [1.807, 2.05) is 42.5 Å². The van der Waals surface area contributed by atoms with Crippen LogP contribution in [0.1, 0.15) is 17.5 Å². The van der Waals surface area contributed by atoms with Gasteiger partial charge < -0.3 is 19.3 Å². The Hall–Kier alpha value is -2.08. The fourth-order valence-electron chi connectivity index (χ4n) is 3.17. The highest BCUT2D eigenvalue weighted by Crippen LogP contribution is 2.27. The van der Waals surface area contributed by atoms with Crippen LogP contribution in [0.15, 0.2) is 48.5 Å². The third kappa shape index (κ3) is 5.21. The number of methoxy groups -OCH3 is 1. The zero-order chi connectivity index (χ0) is 18.2. The molecule has 1 heterocycles. The second-order valence-corrected chi connectivity index (χ2v) is 6.49. The summed E-state index contributed by atoms with van der Waals surface area (Å²) in [6.07, 6.45) is 0.785. The second-order valence-electron chi connectivity index (χ2n) is 6.49.